The first-order valence-corrected chi connectivity index (χ1v) is 11.9. The molecular formula is C25H26BrN5O3. The van der Waals surface area contributed by atoms with Crippen LogP contribution in [0.1, 0.15) is 32.1 Å². The molecule has 0 bridgehead atoms. The fourth-order valence-corrected chi connectivity index (χ4v) is 4.78. The Morgan fingerprint density at radius 3 is 2.74 bits per heavy atom. The molecule has 3 N–H and O–H groups in total. The van der Waals surface area contributed by atoms with E-state index in [1.165, 1.54) is 0 Å². The van der Waals surface area contributed by atoms with Crippen molar-refractivity contribution in [1.82, 2.24) is 14.9 Å². The van der Waals surface area contributed by atoms with E-state index in [2.05, 4.69) is 56.2 Å². The number of nitrogens with two attached hydrogens (primary N) is 1. The first kappa shape index (κ1) is 23.8. The number of benzene rings is 2. The summed E-state index contributed by atoms with van der Waals surface area (Å²) in [6.07, 6.45) is 1.33. The van der Waals surface area contributed by atoms with Gasteiger partial charge in [-0.1, -0.05) is 48.0 Å². The summed E-state index contributed by atoms with van der Waals surface area (Å²) in [4.78, 5) is 34.2. The van der Waals surface area contributed by atoms with E-state index < -0.39 is 12.0 Å². The van der Waals surface area contributed by atoms with Gasteiger partial charge in [0.05, 0.1) is 35.8 Å². The SMILES string of the molecule is CC(C)C(COC(N)=O)C(=O)N1CC(C#N)CC1c1ncc(-c2ccc3cc(Br)ccc3c2)[nH]1. The van der Waals surface area contributed by atoms with Crippen molar-refractivity contribution in [1.29, 1.82) is 5.26 Å². The zero-order valence-corrected chi connectivity index (χ0v) is 20.6. The first-order chi connectivity index (χ1) is 16.3. The summed E-state index contributed by atoms with van der Waals surface area (Å²) in [7, 11) is 0. The highest BCUT2D eigenvalue weighted by atomic mass is 79.9. The van der Waals surface area contributed by atoms with Gasteiger partial charge in [0.15, 0.2) is 0 Å². The summed E-state index contributed by atoms with van der Waals surface area (Å²) in [6.45, 7) is 4.00. The van der Waals surface area contributed by atoms with Crippen LogP contribution in [0, 0.1) is 29.1 Å². The van der Waals surface area contributed by atoms with Crippen LogP contribution < -0.4 is 5.73 Å². The molecule has 0 spiro atoms. The number of amides is 2. The molecule has 8 nitrogen and oxygen atoms in total. The van der Waals surface area contributed by atoms with Crippen molar-refractivity contribution in [2.45, 2.75) is 26.3 Å². The minimum Gasteiger partial charge on any atom is -0.449 e. The number of fused-ring (bicyclic) bond motifs is 1. The molecule has 9 heteroatoms. The van der Waals surface area contributed by atoms with E-state index in [9.17, 15) is 14.9 Å². The van der Waals surface area contributed by atoms with Gasteiger partial charge in [-0.25, -0.2) is 9.78 Å². The Morgan fingerprint density at radius 2 is 2.03 bits per heavy atom. The molecule has 0 radical (unpaired) electrons. The van der Waals surface area contributed by atoms with Gasteiger partial charge in [0, 0.05) is 16.6 Å². The standard InChI is InChI=1S/C25H26BrN5O3/c1-14(2)20(13-34-25(28)33)24(32)31-12-15(10-27)7-22(31)23-29-11-21(30-23)18-4-3-17-9-19(26)6-5-16(17)8-18/h3-6,8-9,11,14-15,20,22H,7,12-13H2,1-2H3,(H2,28,33)(H,29,30). The van der Waals surface area contributed by atoms with Gasteiger partial charge in [-0.15, -0.1) is 0 Å². The van der Waals surface area contributed by atoms with Gasteiger partial charge >= 0.3 is 6.09 Å². The summed E-state index contributed by atoms with van der Waals surface area (Å²) in [6, 6.07) is 14.2. The first-order valence-electron chi connectivity index (χ1n) is 11.1. The maximum absolute atomic E-state index is 13.4. The average molecular weight is 524 g/mol. The number of hydrogen-bond donors (Lipinski definition) is 2. The van der Waals surface area contributed by atoms with E-state index in [1.54, 1.807) is 11.1 Å². The maximum atomic E-state index is 13.4. The monoisotopic (exact) mass is 523 g/mol. The highest BCUT2D eigenvalue weighted by Gasteiger charge is 2.41. The third kappa shape index (κ3) is 4.92. The van der Waals surface area contributed by atoms with Crippen molar-refractivity contribution < 1.29 is 14.3 Å². The predicted molar refractivity (Wildman–Crippen MR) is 131 cm³/mol. The summed E-state index contributed by atoms with van der Waals surface area (Å²) in [5, 5.41) is 11.8. The number of aromatic nitrogens is 2. The normalized spacial score (nSPS) is 18.7. The molecule has 1 aliphatic heterocycles. The molecule has 1 fully saturated rings. The Hall–Kier alpha value is -3.38. The number of likely N-dealkylation sites (tertiary alicyclic amines) is 1. The van der Waals surface area contributed by atoms with Crippen LogP contribution >= 0.6 is 15.9 Å². The molecule has 0 saturated carbocycles. The van der Waals surface area contributed by atoms with Crippen LogP contribution in [-0.4, -0.2) is 40.0 Å². The minimum atomic E-state index is -0.912. The van der Waals surface area contributed by atoms with Gasteiger partial charge in [0.1, 0.15) is 12.4 Å². The van der Waals surface area contributed by atoms with Crippen LogP contribution in [0.25, 0.3) is 22.0 Å². The van der Waals surface area contributed by atoms with Gasteiger partial charge in [0.25, 0.3) is 0 Å². The van der Waals surface area contributed by atoms with Crippen molar-refractivity contribution in [2.75, 3.05) is 13.2 Å². The second kappa shape index (κ2) is 9.85. The summed E-state index contributed by atoms with van der Waals surface area (Å²) in [5.74, 6) is -0.463. The molecule has 2 aromatic carbocycles. The largest absolute Gasteiger partial charge is 0.449 e. The van der Waals surface area contributed by atoms with Gasteiger partial charge in [0.2, 0.25) is 5.91 Å². The molecule has 3 atom stereocenters. The van der Waals surface area contributed by atoms with Gasteiger partial charge in [-0.2, -0.15) is 5.26 Å². The van der Waals surface area contributed by atoms with Gasteiger partial charge in [-0.3, -0.25) is 4.79 Å². The zero-order valence-electron chi connectivity index (χ0n) is 19.0. The number of halogens is 1. The number of aromatic amines is 1. The van der Waals surface area contributed by atoms with Gasteiger partial charge < -0.3 is 20.4 Å². The Kier molecular flexibility index (Phi) is 6.89. The third-order valence-electron chi connectivity index (χ3n) is 6.32. The molecule has 3 unspecified atom stereocenters. The summed E-state index contributed by atoms with van der Waals surface area (Å²) >= 11 is 3.50. The molecular weight excluding hydrogens is 498 g/mol. The number of imidazole rings is 1. The molecule has 3 aromatic rings. The molecule has 1 saturated heterocycles. The number of carbonyl (C=O) groups excluding carboxylic acids is 2. The summed E-state index contributed by atoms with van der Waals surface area (Å²) in [5.41, 5.74) is 6.93. The van der Waals surface area contributed by atoms with Crippen LogP contribution in [0.5, 0.6) is 0 Å². The van der Waals surface area contributed by atoms with E-state index in [4.69, 9.17) is 10.5 Å². The second-order valence-electron chi connectivity index (χ2n) is 8.94. The molecule has 1 aliphatic rings. The number of nitrogens with one attached hydrogen (secondary N) is 1. The van der Waals surface area contributed by atoms with Crippen LogP contribution in [-0.2, 0) is 9.53 Å². The fraction of sp³-hybridized carbons (Fsp3) is 0.360. The lowest BCUT2D eigenvalue weighted by molar-refractivity contribution is -0.139. The second-order valence-corrected chi connectivity index (χ2v) is 9.85. The van der Waals surface area contributed by atoms with Crippen LogP contribution in [0.3, 0.4) is 0 Å². The van der Waals surface area contributed by atoms with Crippen molar-refractivity contribution in [2.24, 2.45) is 23.5 Å². The van der Waals surface area contributed by atoms with E-state index in [-0.39, 0.29) is 30.4 Å². The lowest BCUT2D eigenvalue weighted by Crippen LogP contribution is -2.41. The molecule has 176 valence electrons. The summed E-state index contributed by atoms with van der Waals surface area (Å²) < 4.78 is 5.97. The molecule has 34 heavy (non-hydrogen) atoms. The number of hydrogen-bond acceptors (Lipinski definition) is 5. The number of ether oxygens (including phenoxy) is 1. The van der Waals surface area contributed by atoms with E-state index in [0.29, 0.717) is 18.8 Å². The van der Waals surface area contributed by atoms with Gasteiger partial charge in [-0.05, 0) is 41.3 Å². The van der Waals surface area contributed by atoms with Crippen LogP contribution in [0.4, 0.5) is 4.79 Å². The fourth-order valence-electron chi connectivity index (χ4n) is 4.40. The highest BCUT2D eigenvalue weighted by molar-refractivity contribution is 9.10. The molecule has 0 aliphatic carbocycles. The molecule has 2 amide bonds. The smallest absolute Gasteiger partial charge is 0.404 e. The molecule has 4 rings (SSSR count). The lowest BCUT2D eigenvalue weighted by Gasteiger charge is -2.29. The van der Waals surface area contributed by atoms with Crippen molar-refractivity contribution in [3.63, 3.8) is 0 Å². The Bertz CT molecular complexity index is 1260. The molecule has 1 aromatic heterocycles. The molecule has 2 heterocycles. The van der Waals surface area contributed by atoms with E-state index in [1.807, 2.05) is 26.0 Å². The number of nitriles is 1. The Labute approximate surface area is 206 Å². The number of rotatable bonds is 6. The zero-order chi connectivity index (χ0) is 24.4. The Balaban J connectivity index is 1.61. The number of carbonyl (C=O) groups is 2. The highest BCUT2D eigenvalue weighted by Crippen LogP contribution is 2.37. The quantitative estimate of drug-likeness (QED) is 0.481. The number of primary amides is 1. The van der Waals surface area contributed by atoms with Crippen LogP contribution in [0.15, 0.2) is 47.1 Å². The number of nitrogens with zero attached hydrogens (tertiary/aromatic N) is 3. The van der Waals surface area contributed by atoms with E-state index >= 15 is 0 Å². The lowest BCUT2D eigenvalue weighted by atomic mass is 9.95. The number of H-pyrrole nitrogens is 1. The van der Waals surface area contributed by atoms with Crippen molar-refractivity contribution in [3.8, 4) is 17.3 Å². The Morgan fingerprint density at radius 1 is 1.29 bits per heavy atom. The predicted octanol–water partition coefficient (Wildman–Crippen LogP) is 4.77. The average Bonchev–Trinajstić information content (AvgIpc) is 3.45. The van der Waals surface area contributed by atoms with Crippen molar-refractivity contribution >= 4 is 38.7 Å². The maximum Gasteiger partial charge on any atom is 0.404 e. The van der Waals surface area contributed by atoms with Crippen LogP contribution in [0.2, 0.25) is 0 Å². The third-order valence-corrected chi connectivity index (χ3v) is 6.81. The van der Waals surface area contributed by atoms with Crippen molar-refractivity contribution in [3.05, 3.63) is 52.9 Å². The van der Waals surface area contributed by atoms with E-state index in [0.717, 1.165) is 26.5 Å². The topological polar surface area (TPSA) is 125 Å². The minimum absolute atomic E-state index is 0.0709.